The van der Waals surface area contributed by atoms with Gasteiger partial charge in [0.1, 0.15) is 23.0 Å². The Bertz CT molecular complexity index is 4390. The van der Waals surface area contributed by atoms with Crippen molar-refractivity contribution >= 4 is 56.9 Å². The van der Waals surface area contributed by atoms with E-state index in [-0.39, 0.29) is 22.3 Å². The van der Waals surface area contributed by atoms with Crippen LogP contribution in [0, 0.1) is 23.7 Å². The second kappa shape index (κ2) is 21.5. The van der Waals surface area contributed by atoms with Gasteiger partial charge in [0.05, 0.1) is 33.6 Å². The van der Waals surface area contributed by atoms with Crippen LogP contribution < -0.4 is 19.3 Å². The lowest BCUT2D eigenvalue weighted by molar-refractivity contribution is 0.0910. The molecule has 0 unspecified atom stereocenters. The molecule has 0 fully saturated rings. The number of rotatable bonds is 10. The van der Waals surface area contributed by atoms with Gasteiger partial charge in [-0.15, -0.1) is 0 Å². The van der Waals surface area contributed by atoms with Crippen molar-refractivity contribution in [1.82, 2.24) is 0 Å². The van der Waals surface area contributed by atoms with E-state index in [1.807, 2.05) is 218 Å². The molecule has 0 spiro atoms. The summed E-state index contributed by atoms with van der Waals surface area (Å²) >= 11 is 0. The second-order valence-corrected chi connectivity index (χ2v) is 20.5. The minimum Gasteiger partial charge on any atom is -0.457 e. The van der Waals surface area contributed by atoms with Crippen LogP contribution >= 0.6 is 0 Å². The number of allylic oxidation sites excluding steroid dienone is 8. The van der Waals surface area contributed by atoms with Gasteiger partial charge in [-0.1, -0.05) is 194 Å². The highest BCUT2D eigenvalue weighted by molar-refractivity contribution is 6.38. The Hall–Kier alpha value is -11.6. The molecule has 0 aromatic heterocycles. The number of ether oxygens (including phenoxy) is 2. The third-order valence-electron chi connectivity index (χ3n) is 15.5. The number of carbonyl (C=O) groups excluding carboxylic acids is 4. The van der Waals surface area contributed by atoms with E-state index in [0.717, 1.165) is 57.0 Å². The maximum Gasteiger partial charge on any atom is 0.267 e. The SMILES string of the molecule is O=C1c2c(C#Cc3ccc(C#Cc4ccc(-c5ccccc5)c5c4C(=O)N(c4ccc(C6=CC=CC6)c(Oc6ccccc6)c4)C5=O)c4ccccc34)ccc(-c3ccccc3)c2C(=O)N1c1ccc(C2=CC=CC2)c(Oc2ccccc2)c1. The third-order valence-corrected chi connectivity index (χ3v) is 15.5. The molecule has 0 saturated carbocycles. The summed E-state index contributed by atoms with van der Waals surface area (Å²) in [4.78, 5) is 62.3. The van der Waals surface area contributed by atoms with Gasteiger partial charge in [-0.05, 0) is 130 Å². The Morgan fingerprint density at radius 3 is 1.07 bits per heavy atom. The fourth-order valence-electron chi connectivity index (χ4n) is 11.4. The van der Waals surface area contributed by atoms with Crippen molar-refractivity contribution in [3.05, 3.63) is 310 Å². The van der Waals surface area contributed by atoms with Gasteiger partial charge in [-0.25, -0.2) is 9.80 Å². The Kier molecular flexibility index (Phi) is 12.9. The van der Waals surface area contributed by atoms with Gasteiger partial charge in [-0.3, -0.25) is 19.2 Å². The van der Waals surface area contributed by atoms with Crippen molar-refractivity contribution in [2.45, 2.75) is 12.8 Å². The van der Waals surface area contributed by atoms with Gasteiger partial charge >= 0.3 is 0 Å². The monoisotopic (exact) mass is 1080 g/mol. The number of carbonyl (C=O) groups is 4. The average Bonchev–Trinajstić information content (AvgIpc) is 3.03. The molecule has 84 heavy (non-hydrogen) atoms. The van der Waals surface area contributed by atoms with E-state index in [0.29, 0.717) is 67.8 Å². The molecule has 0 saturated heterocycles. The van der Waals surface area contributed by atoms with E-state index in [2.05, 4.69) is 35.8 Å². The molecule has 8 heteroatoms. The van der Waals surface area contributed by atoms with E-state index in [1.165, 1.54) is 9.80 Å². The minimum absolute atomic E-state index is 0.215. The Balaban J connectivity index is 0.824. The first-order chi connectivity index (χ1) is 41.3. The highest BCUT2D eigenvalue weighted by Crippen LogP contribution is 2.44. The van der Waals surface area contributed by atoms with Crippen LogP contribution in [0.5, 0.6) is 23.0 Å². The van der Waals surface area contributed by atoms with Crippen molar-refractivity contribution in [2.75, 3.05) is 9.80 Å². The number of anilines is 2. The van der Waals surface area contributed by atoms with Gasteiger partial charge in [0.15, 0.2) is 0 Å². The number of nitrogens with zero attached hydrogens (tertiary/aromatic N) is 2. The zero-order valence-electron chi connectivity index (χ0n) is 45.0. The van der Waals surface area contributed by atoms with Gasteiger partial charge in [0.25, 0.3) is 23.6 Å². The Morgan fingerprint density at radius 2 is 0.679 bits per heavy atom. The molecule has 10 aromatic rings. The molecule has 0 bridgehead atoms. The predicted molar refractivity (Wildman–Crippen MR) is 331 cm³/mol. The third kappa shape index (κ3) is 9.17. The molecule has 2 aliphatic heterocycles. The number of hydrogen-bond donors (Lipinski definition) is 0. The van der Waals surface area contributed by atoms with Crippen LogP contribution in [0.3, 0.4) is 0 Å². The number of fused-ring (bicyclic) bond motifs is 3. The number of imide groups is 2. The summed E-state index contributed by atoms with van der Waals surface area (Å²) in [7, 11) is 0. The summed E-state index contributed by atoms with van der Waals surface area (Å²) in [5.41, 5.74) is 10.5. The highest BCUT2D eigenvalue weighted by atomic mass is 16.5. The van der Waals surface area contributed by atoms with Crippen molar-refractivity contribution in [3.8, 4) is 68.9 Å². The summed E-state index contributed by atoms with van der Waals surface area (Å²) in [5, 5.41) is 1.61. The number of hydrogen-bond acceptors (Lipinski definition) is 6. The van der Waals surface area contributed by atoms with Crippen LogP contribution in [0.4, 0.5) is 11.4 Å². The van der Waals surface area contributed by atoms with Crippen LogP contribution in [0.2, 0.25) is 0 Å². The Labute approximate surface area is 485 Å². The predicted octanol–water partition coefficient (Wildman–Crippen LogP) is 16.8. The van der Waals surface area contributed by atoms with Crippen molar-refractivity contribution < 1.29 is 28.7 Å². The Morgan fingerprint density at radius 1 is 0.333 bits per heavy atom. The molecule has 4 amide bonds. The fraction of sp³-hybridized carbons (Fsp3) is 0.0263. The zero-order valence-corrected chi connectivity index (χ0v) is 45.0. The van der Waals surface area contributed by atoms with E-state index in [9.17, 15) is 9.59 Å². The highest BCUT2D eigenvalue weighted by Gasteiger charge is 2.42. The largest absolute Gasteiger partial charge is 0.457 e. The molecule has 0 N–H and O–H groups in total. The molecule has 8 nitrogen and oxygen atoms in total. The van der Waals surface area contributed by atoms with Crippen LogP contribution in [-0.4, -0.2) is 23.6 Å². The lowest BCUT2D eigenvalue weighted by Gasteiger charge is -2.18. The average molecular weight is 1080 g/mol. The van der Waals surface area contributed by atoms with E-state index in [1.54, 1.807) is 24.3 Å². The summed E-state index contributed by atoms with van der Waals surface area (Å²) in [5.74, 6) is 13.7. The summed E-state index contributed by atoms with van der Waals surface area (Å²) in [6, 6.07) is 67.8. The first kappa shape index (κ1) is 50.6. The smallest absolute Gasteiger partial charge is 0.267 e. The molecule has 0 atom stereocenters. The molecule has 4 aliphatic rings. The quantitative estimate of drug-likeness (QED) is 0.100. The fourth-order valence-corrected chi connectivity index (χ4v) is 11.4. The summed E-state index contributed by atoms with van der Waals surface area (Å²) in [6.07, 6.45) is 13.7. The van der Waals surface area contributed by atoms with Crippen molar-refractivity contribution in [3.63, 3.8) is 0 Å². The lowest BCUT2D eigenvalue weighted by atomic mass is 9.92. The number of para-hydroxylation sites is 2. The summed E-state index contributed by atoms with van der Waals surface area (Å²) < 4.78 is 12.9. The van der Waals surface area contributed by atoms with Gasteiger partial charge in [0, 0.05) is 45.5 Å². The molecular weight excluding hydrogens is 1040 g/mol. The molecule has 14 rings (SSSR count). The van der Waals surface area contributed by atoms with Crippen LogP contribution in [0.25, 0.3) is 44.2 Å². The molecule has 396 valence electrons. The van der Waals surface area contributed by atoms with Gasteiger partial charge in [-0.2, -0.15) is 0 Å². The van der Waals surface area contributed by atoms with E-state index >= 15 is 9.59 Å². The standard InChI is InChI=1S/C76H46N2O6/c79-73-69-55(39-43-65(51-19-5-1-6-20-51)71(69)75(81)77(73)57-41-45-63(49-23-13-14-24-49)67(47-57)83-59-27-9-3-10-28-59)37-35-53-33-34-54(62-32-18-17-31-61(53)62)36-38-56-40-44-66(52-21-7-2-8-22-52)72-70(56)74(80)78(76(72)82)58-42-46-64(50-25-15-16-26-50)68(48-58)84-60-29-11-4-12-30-60/h1-23,25,27-34,39-48H,24,26H2. The van der Waals surface area contributed by atoms with Crippen molar-refractivity contribution in [1.29, 1.82) is 0 Å². The second-order valence-electron chi connectivity index (χ2n) is 20.5. The maximum absolute atomic E-state index is 15.0. The molecule has 10 aromatic carbocycles. The number of amides is 4. The van der Waals surface area contributed by atoms with Crippen LogP contribution in [-0.2, 0) is 0 Å². The van der Waals surface area contributed by atoms with Crippen LogP contribution in [0.1, 0.15) is 87.7 Å². The summed E-state index contributed by atoms with van der Waals surface area (Å²) in [6.45, 7) is 0. The topological polar surface area (TPSA) is 93.2 Å². The normalized spacial score (nSPS) is 13.8. The zero-order chi connectivity index (χ0) is 56.7. The molecule has 2 aliphatic carbocycles. The first-order valence-electron chi connectivity index (χ1n) is 27.6. The van der Waals surface area contributed by atoms with Gasteiger partial charge < -0.3 is 9.47 Å². The molecule has 2 heterocycles. The number of benzene rings is 10. The van der Waals surface area contributed by atoms with Crippen LogP contribution in [0.15, 0.2) is 255 Å². The van der Waals surface area contributed by atoms with Crippen molar-refractivity contribution in [2.24, 2.45) is 0 Å². The first-order valence-corrected chi connectivity index (χ1v) is 27.6. The van der Waals surface area contributed by atoms with E-state index < -0.39 is 23.6 Å². The molecular formula is C76H46N2O6. The maximum atomic E-state index is 15.0. The minimum atomic E-state index is -0.492. The molecule has 0 radical (unpaired) electrons. The van der Waals surface area contributed by atoms with Gasteiger partial charge in [0.2, 0.25) is 0 Å². The lowest BCUT2D eigenvalue weighted by Crippen LogP contribution is -2.29. The van der Waals surface area contributed by atoms with E-state index in [4.69, 9.17) is 9.47 Å².